The van der Waals surface area contributed by atoms with Crippen LogP contribution < -0.4 is 5.32 Å². The predicted octanol–water partition coefficient (Wildman–Crippen LogP) is 2.15. The van der Waals surface area contributed by atoms with Crippen molar-refractivity contribution in [2.24, 2.45) is 13.0 Å². The second kappa shape index (κ2) is 4.24. The van der Waals surface area contributed by atoms with Crippen LogP contribution in [0, 0.1) is 5.92 Å². The highest BCUT2D eigenvalue weighted by Gasteiger charge is 2.23. The average Bonchev–Trinajstić information content (AvgIpc) is 2.49. The summed E-state index contributed by atoms with van der Waals surface area (Å²) in [5.74, 6) is 1.98. The Morgan fingerprint density at radius 1 is 1.71 bits per heavy atom. The monoisotopic (exact) mass is 275 g/mol. The van der Waals surface area contributed by atoms with Gasteiger partial charge in [-0.15, -0.1) is 11.8 Å². The zero-order valence-electron chi connectivity index (χ0n) is 8.33. The van der Waals surface area contributed by atoms with Crippen LogP contribution in [-0.4, -0.2) is 22.1 Å². The molecule has 3 nitrogen and oxygen atoms in total. The highest BCUT2D eigenvalue weighted by molar-refractivity contribution is 9.10. The number of halogens is 1. The van der Waals surface area contributed by atoms with Gasteiger partial charge in [-0.25, -0.2) is 0 Å². The molecule has 1 saturated heterocycles. The van der Waals surface area contributed by atoms with Gasteiger partial charge in [-0.2, -0.15) is 5.10 Å². The first-order valence-electron chi connectivity index (χ1n) is 4.71. The van der Waals surface area contributed by atoms with E-state index in [-0.39, 0.29) is 0 Å². The smallest absolute Gasteiger partial charge is 0.0970 e. The van der Waals surface area contributed by atoms with E-state index in [2.05, 4.69) is 33.3 Å². The van der Waals surface area contributed by atoms with E-state index < -0.39 is 0 Å². The average molecular weight is 276 g/mol. The number of aromatic nitrogens is 2. The Morgan fingerprint density at radius 3 is 3.00 bits per heavy atom. The molecule has 0 radical (unpaired) electrons. The van der Waals surface area contributed by atoms with Gasteiger partial charge in [0.05, 0.1) is 21.7 Å². The van der Waals surface area contributed by atoms with E-state index in [4.69, 9.17) is 0 Å². The fourth-order valence-electron chi connectivity index (χ4n) is 1.58. The molecule has 1 aliphatic rings. The standard InChI is InChI=1S/C9H14BrN3S/c1-6-3-11-9(14-5-6)8-7(10)4-12-13(8)2/h4,6,9,11H,3,5H2,1-2H3. The molecule has 5 heteroatoms. The van der Waals surface area contributed by atoms with Crippen molar-refractivity contribution in [2.75, 3.05) is 12.3 Å². The molecule has 1 aliphatic heterocycles. The summed E-state index contributed by atoms with van der Waals surface area (Å²) in [5.41, 5.74) is 1.24. The lowest BCUT2D eigenvalue weighted by Crippen LogP contribution is -2.32. The van der Waals surface area contributed by atoms with Crippen molar-refractivity contribution < 1.29 is 0 Å². The van der Waals surface area contributed by atoms with Gasteiger partial charge in [0, 0.05) is 7.05 Å². The van der Waals surface area contributed by atoms with E-state index >= 15 is 0 Å². The maximum atomic E-state index is 4.23. The molecule has 0 amide bonds. The Bertz CT molecular complexity index is 298. The number of hydrogen-bond acceptors (Lipinski definition) is 3. The highest BCUT2D eigenvalue weighted by atomic mass is 79.9. The van der Waals surface area contributed by atoms with Gasteiger partial charge in [-0.1, -0.05) is 6.92 Å². The third kappa shape index (κ3) is 1.99. The zero-order chi connectivity index (χ0) is 10.1. The van der Waals surface area contributed by atoms with Crippen LogP contribution in [-0.2, 0) is 7.05 Å². The lowest BCUT2D eigenvalue weighted by molar-refractivity contribution is 0.512. The first-order valence-corrected chi connectivity index (χ1v) is 6.55. The number of nitrogens with zero attached hydrogens (tertiary/aromatic N) is 2. The molecule has 2 rings (SSSR count). The van der Waals surface area contributed by atoms with Gasteiger partial charge in [0.15, 0.2) is 0 Å². The molecule has 1 aromatic heterocycles. The van der Waals surface area contributed by atoms with Crippen molar-refractivity contribution in [1.29, 1.82) is 0 Å². The summed E-state index contributed by atoms with van der Waals surface area (Å²) in [6, 6.07) is 0. The molecule has 2 heterocycles. The number of aryl methyl sites for hydroxylation is 1. The first kappa shape index (κ1) is 10.5. The molecule has 1 N–H and O–H groups in total. The van der Waals surface area contributed by atoms with Crippen molar-refractivity contribution in [3.05, 3.63) is 16.4 Å². The summed E-state index contributed by atoms with van der Waals surface area (Å²) < 4.78 is 3.03. The Balaban J connectivity index is 2.15. The summed E-state index contributed by atoms with van der Waals surface area (Å²) in [7, 11) is 1.99. The molecule has 0 saturated carbocycles. The molecule has 78 valence electrons. The summed E-state index contributed by atoms with van der Waals surface area (Å²) in [4.78, 5) is 0. The number of hydrogen-bond donors (Lipinski definition) is 1. The van der Waals surface area contributed by atoms with E-state index in [9.17, 15) is 0 Å². The summed E-state index contributed by atoms with van der Waals surface area (Å²) in [6.45, 7) is 3.36. The van der Waals surface area contributed by atoms with E-state index in [0.717, 1.165) is 16.9 Å². The van der Waals surface area contributed by atoms with E-state index in [1.165, 1.54) is 11.4 Å². The molecular weight excluding hydrogens is 262 g/mol. The minimum atomic E-state index is 0.382. The SMILES string of the molecule is CC1CNC(c2c(Br)cnn2C)SC1. The lowest BCUT2D eigenvalue weighted by Gasteiger charge is -2.27. The number of thioether (sulfide) groups is 1. The topological polar surface area (TPSA) is 29.9 Å². The normalized spacial score (nSPS) is 27.9. The van der Waals surface area contributed by atoms with Crippen molar-refractivity contribution in [2.45, 2.75) is 12.3 Å². The predicted molar refractivity (Wildman–Crippen MR) is 63.3 cm³/mol. The van der Waals surface area contributed by atoms with Gasteiger partial charge in [0.1, 0.15) is 0 Å². The van der Waals surface area contributed by atoms with Crippen LogP contribution in [0.1, 0.15) is 18.0 Å². The van der Waals surface area contributed by atoms with E-state index in [0.29, 0.717) is 5.37 Å². The van der Waals surface area contributed by atoms with E-state index in [1.807, 2.05) is 29.7 Å². The van der Waals surface area contributed by atoms with Crippen LogP contribution in [0.2, 0.25) is 0 Å². The fourth-order valence-corrected chi connectivity index (χ4v) is 3.60. The Hall–Kier alpha value is -0.000000000000000111. The first-order chi connectivity index (χ1) is 6.68. The van der Waals surface area contributed by atoms with Crippen LogP contribution >= 0.6 is 27.7 Å². The van der Waals surface area contributed by atoms with Gasteiger partial charge < -0.3 is 5.32 Å². The quantitative estimate of drug-likeness (QED) is 0.852. The van der Waals surface area contributed by atoms with E-state index in [1.54, 1.807) is 0 Å². The molecule has 0 spiro atoms. The van der Waals surface area contributed by atoms with Gasteiger partial charge >= 0.3 is 0 Å². The zero-order valence-corrected chi connectivity index (χ0v) is 10.7. The maximum absolute atomic E-state index is 4.23. The van der Waals surface area contributed by atoms with Gasteiger partial charge in [-0.05, 0) is 34.1 Å². The Morgan fingerprint density at radius 2 is 2.50 bits per heavy atom. The fraction of sp³-hybridized carbons (Fsp3) is 0.667. The summed E-state index contributed by atoms with van der Waals surface area (Å²) in [6.07, 6.45) is 1.86. The van der Waals surface area contributed by atoms with Gasteiger partial charge in [-0.3, -0.25) is 4.68 Å². The minimum Gasteiger partial charge on any atom is -0.300 e. The van der Waals surface area contributed by atoms with Crippen molar-refractivity contribution >= 4 is 27.7 Å². The second-order valence-corrected chi connectivity index (χ2v) is 5.72. The highest BCUT2D eigenvalue weighted by Crippen LogP contribution is 2.34. The van der Waals surface area contributed by atoms with Crippen molar-refractivity contribution in [1.82, 2.24) is 15.1 Å². The summed E-state index contributed by atoms with van der Waals surface area (Å²) >= 11 is 5.49. The largest absolute Gasteiger partial charge is 0.300 e. The third-order valence-corrected chi connectivity index (χ3v) is 4.48. The maximum Gasteiger partial charge on any atom is 0.0970 e. The molecule has 1 fully saturated rings. The minimum absolute atomic E-state index is 0.382. The Labute approximate surface area is 96.8 Å². The van der Waals surface area contributed by atoms with Gasteiger partial charge in [0.25, 0.3) is 0 Å². The molecule has 0 aromatic carbocycles. The van der Waals surface area contributed by atoms with Crippen LogP contribution in [0.3, 0.4) is 0 Å². The second-order valence-electron chi connectivity index (χ2n) is 3.73. The summed E-state index contributed by atoms with van der Waals surface area (Å²) in [5, 5.41) is 8.13. The van der Waals surface area contributed by atoms with Crippen LogP contribution in [0.25, 0.3) is 0 Å². The molecule has 2 atom stereocenters. The number of rotatable bonds is 1. The van der Waals surface area contributed by atoms with Crippen molar-refractivity contribution in [3.63, 3.8) is 0 Å². The Kier molecular flexibility index (Phi) is 3.19. The van der Waals surface area contributed by atoms with Crippen LogP contribution in [0.15, 0.2) is 10.7 Å². The molecule has 2 unspecified atom stereocenters. The molecular formula is C9H14BrN3S. The lowest BCUT2D eigenvalue weighted by atomic mass is 10.2. The molecule has 1 aromatic rings. The van der Waals surface area contributed by atoms with Crippen LogP contribution in [0.5, 0.6) is 0 Å². The third-order valence-electron chi connectivity index (χ3n) is 2.39. The molecule has 14 heavy (non-hydrogen) atoms. The molecule has 0 aliphatic carbocycles. The van der Waals surface area contributed by atoms with Crippen LogP contribution in [0.4, 0.5) is 0 Å². The molecule has 0 bridgehead atoms. The van der Waals surface area contributed by atoms with Gasteiger partial charge in [0.2, 0.25) is 0 Å². The number of nitrogens with one attached hydrogen (secondary N) is 1. The van der Waals surface area contributed by atoms with Crippen molar-refractivity contribution in [3.8, 4) is 0 Å².